The molecule has 7 rings (SSSR count). The highest BCUT2D eigenvalue weighted by atomic mass is 16.2. The largest absolute Gasteiger partial charge is 0.333 e. The summed E-state index contributed by atoms with van der Waals surface area (Å²) >= 11 is 0. The Morgan fingerprint density at radius 2 is 1.64 bits per heavy atom. The van der Waals surface area contributed by atoms with Crippen LogP contribution in [0.25, 0.3) is 16.6 Å². The molecule has 8 heteroatoms. The molecule has 2 N–H and O–H groups in total. The van der Waals surface area contributed by atoms with Crippen molar-refractivity contribution in [3.05, 3.63) is 114 Å². The third kappa shape index (κ3) is 6.50. The van der Waals surface area contributed by atoms with Crippen molar-refractivity contribution in [2.24, 2.45) is 5.92 Å². The van der Waals surface area contributed by atoms with Gasteiger partial charge in [0.15, 0.2) is 0 Å². The van der Waals surface area contributed by atoms with Crippen molar-refractivity contribution in [1.82, 2.24) is 19.7 Å². The highest BCUT2D eigenvalue weighted by molar-refractivity contribution is 6.00. The Hall–Kier alpha value is -4.98. The Morgan fingerprint density at radius 3 is 2.38 bits per heavy atom. The maximum absolute atomic E-state index is 13.7. The molecule has 2 aliphatic heterocycles. The molecular formula is C39H42N6O2. The van der Waals surface area contributed by atoms with Gasteiger partial charge in [-0.15, -0.1) is 0 Å². The molecule has 2 aromatic heterocycles. The van der Waals surface area contributed by atoms with Crippen LogP contribution in [0, 0.1) is 12.8 Å². The number of aromatic nitrogens is 3. The summed E-state index contributed by atoms with van der Waals surface area (Å²) in [6.45, 7) is 8.38. The summed E-state index contributed by atoms with van der Waals surface area (Å²) in [7, 11) is 0. The van der Waals surface area contributed by atoms with E-state index in [1.54, 1.807) is 10.9 Å². The standard InChI is InChI=1S/C39H42N6O2/c1-25-10-13-31(14-11-25)45-36(24-35(43-45)39(2,3)4)42-38(47)41-30-9-5-7-26(20-30)19-27-21-32-15-16-33(22-27)44(32)37(46)29-12-17-34-28(23-29)8-6-18-40-34/h5-14,17-18,20,23-24,27,32-33H,15-16,19,21-22H2,1-4H3,(H2,41,42,47). The fourth-order valence-corrected chi connectivity index (χ4v) is 7.25. The van der Waals surface area contributed by atoms with Crippen LogP contribution in [0.2, 0.25) is 0 Å². The van der Waals surface area contributed by atoms with Gasteiger partial charge >= 0.3 is 6.03 Å². The average molecular weight is 627 g/mol. The first kappa shape index (κ1) is 30.7. The number of aryl methyl sites for hydroxylation is 1. The summed E-state index contributed by atoms with van der Waals surface area (Å²) in [6.07, 6.45) is 6.80. The van der Waals surface area contributed by atoms with Crippen molar-refractivity contribution in [1.29, 1.82) is 0 Å². The minimum Gasteiger partial charge on any atom is -0.333 e. The number of nitrogens with zero attached hydrogens (tertiary/aromatic N) is 4. The molecule has 4 heterocycles. The number of piperidine rings is 1. The second-order valence-electron chi connectivity index (χ2n) is 14.2. The van der Waals surface area contributed by atoms with E-state index in [1.807, 2.05) is 79.7 Å². The monoisotopic (exact) mass is 626 g/mol. The number of carbonyl (C=O) groups is 2. The minimum absolute atomic E-state index is 0.136. The Morgan fingerprint density at radius 1 is 0.872 bits per heavy atom. The maximum atomic E-state index is 13.7. The number of fused-ring (bicyclic) bond motifs is 3. The minimum atomic E-state index is -0.315. The van der Waals surface area contributed by atoms with Gasteiger partial charge in [0.05, 0.1) is 16.9 Å². The van der Waals surface area contributed by atoms with Crippen LogP contribution in [0.4, 0.5) is 16.3 Å². The van der Waals surface area contributed by atoms with E-state index in [1.165, 1.54) is 5.56 Å². The molecule has 2 atom stereocenters. The van der Waals surface area contributed by atoms with Crippen LogP contribution in [-0.2, 0) is 11.8 Å². The fraction of sp³-hybridized carbons (Fsp3) is 0.333. The van der Waals surface area contributed by atoms with E-state index >= 15 is 0 Å². The number of hydrogen-bond acceptors (Lipinski definition) is 4. The number of amides is 3. The van der Waals surface area contributed by atoms with Crippen LogP contribution in [0.1, 0.15) is 73.6 Å². The number of rotatable bonds is 6. The van der Waals surface area contributed by atoms with E-state index in [4.69, 9.17) is 5.10 Å². The number of pyridine rings is 1. The molecule has 2 saturated heterocycles. The molecule has 2 fully saturated rings. The van der Waals surface area contributed by atoms with E-state index in [0.717, 1.165) is 71.2 Å². The van der Waals surface area contributed by atoms with Crippen LogP contribution in [-0.4, -0.2) is 43.7 Å². The van der Waals surface area contributed by atoms with Crippen molar-refractivity contribution in [3.63, 3.8) is 0 Å². The highest BCUT2D eigenvalue weighted by Crippen LogP contribution is 2.41. The Bertz CT molecular complexity index is 1930. The topological polar surface area (TPSA) is 92.2 Å². The number of nitrogens with one attached hydrogen (secondary N) is 2. The molecule has 2 unspecified atom stereocenters. The SMILES string of the molecule is Cc1ccc(-n2nc(C(C)(C)C)cc2NC(=O)Nc2cccc(CC3CC4CCC(C3)N4C(=O)c3ccc4ncccc4c3)c2)cc1. The Balaban J connectivity index is 1.00. The lowest BCUT2D eigenvalue weighted by Gasteiger charge is -2.39. The highest BCUT2D eigenvalue weighted by Gasteiger charge is 2.43. The second-order valence-corrected chi connectivity index (χ2v) is 14.2. The normalized spacial score (nSPS) is 19.1. The van der Waals surface area contributed by atoms with Gasteiger partial charge in [-0.2, -0.15) is 5.10 Å². The molecule has 8 nitrogen and oxygen atoms in total. The van der Waals surface area contributed by atoms with Gasteiger partial charge in [-0.05, 0) is 99.0 Å². The predicted octanol–water partition coefficient (Wildman–Crippen LogP) is 8.30. The van der Waals surface area contributed by atoms with Crippen molar-refractivity contribution in [3.8, 4) is 5.69 Å². The van der Waals surface area contributed by atoms with Gasteiger partial charge in [-0.3, -0.25) is 15.1 Å². The zero-order chi connectivity index (χ0) is 32.7. The molecule has 2 aliphatic rings. The van der Waals surface area contributed by atoms with Crippen molar-refractivity contribution in [2.75, 3.05) is 10.6 Å². The zero-order valence-corrected chi connectivity index (χ0v) is 27.5. The third-order valence-electron chi connectivity index (χ3n) is 9.62. The third-order valence-corrected chi connectivity index (χ3v) is 9.62. The lowest BCUT2D eigenvalue weighted by Crippen LogP contribution is -2.46. The fourth-order valence-electron chi connectivity index (χ4n) is 7.25. The van der Waals surface area contributed by atoms with Crippen LogP contribution >= 0.6 is 0 Å². The summed E-state index contributed by atoms with van der Waals surface area (Å²) in [6, 6.07) is 28.1. The molecule has 47 heavy (non-hydrogen) atoms. The van der Waals surface area contributed by atoms with Crippen LogP contribution < -0.4 is 10.6 Å². The number of carbonyl (C=O) groups excluding carboxylic acids is 2. The van der Waals surface area contributed by atoms with Gasteiger partial charge < -0.3 is 10.2 Å². The molecule has 3 aromatic carbocycles. The first-order valence-corrected chi connectivity index (χ1v) is 16.6. The first-order chi connectivity index (χ1) is 22.6. The summed E-state index contributed by atoms with van der Waals surface area (Å²) in [5.41, 5.74) is 6.36. The molecule has 0 saturated carbocycles. The summed E-state index contributed by atoms with van der Waals surface area (Å²) in [4.78, 5) is 33.5. The van der Waals surface area contributed by atoms with Crippen molar-refractivity contribution >= 4 is 34.3 Å². The number of hydrogen-bond donors (Lipinski definition) is 2. The maximum Gasteiger partial charge on any atom is 0.324 e. The van der Waals surface area contributed by atoms with E-state index < -0.39 is 0 Å². The summed E-state index contributed by atoms with van der Waals surface area (Å²) in [5.74, 6) is 1.24. The second kappa shape index (κ2) is 12.3. The molecule has 0 aliphatic carbocycles. The molecule has 0 spiro atoms. The number of urea groups is 1. The summed E-state index contributed by atoms with van der Waals surface area (Å²) in [5, 5.41) is 11.9. The Kier molecular flexibility index (Phi) is 8.04. The zero-order valence-electron chi connectivity index (χ0n) is 27.5. The van der Waals surface area contributed by atoms with Gasteiger partial charge in [0, 0.05) is 46.4 Å². The quantitative estimate of drug-likeness (QED) is 0.198. The van der Waals surface area contributed by atoms with E-state index in [2.05, 4.69) is 53.4 Å². The molecule has 2 bridgehead atoms. The van der Waals surface area contributed by atoms with Gasteiger partial charge in [-0.25, -0.2) is 9.48 Å². The molecule has 0 radical (unpaired) electrons. The summed E-state index contributed by atoms with van der Waals surface area (Å²) < 4.78 is 1.79. The molecule has 3 amide bonds. The van der Waals surface area contributed by atoms with E-state index in [0.29, 0.717) is 11.7 Å². The van der Waals surface area contributed by atoms with Gasteiger partial charge in [0.1, 0.15) is 5.82 Å². The molecular weight excluding hydrogens is 584 g/mol. The Labute approximate surface area is 276 Å². The predicted molar refractivity (Wildman–Crippen MR) is 187 cm³/mol. The van der Waals surface area contributed by atoms with Gasteiger partial charge in [0.25, 0.3) is 5.91 Å². The van der Waals surface area contributed by atoms with Crippen molar-refractivity contribution in [2.45, 2.75) is 77.3 Å². The van der Waals surface area contributed by atoms with Gasteiger partial charge in [-0.1, -0.05) is 56.7 Å². The number of anilines is 2. The molecule has 240 valence electrons. The van der Waals surface area contributed by atoms with Gasteiger partial charge in [0.2, 0.25) is 0 Å². The smallest absolute Gasteiger partial charge is 0.324 e. The van der Waals surface area contributed by atoms with Crippen LogP contribution in [0.5, 0.6) is 0 Å². The lowest BCUT2D eigenvalue weighted by molar-refractivity contribution is 0.0524. The number of benzene rings is 3. The average Bonchev–Trinajstić information content (AvgIpc) is 3.59. The van der Waals surface area contributed by atoms with Crippen molar-refractivity contribution < 1.29 is 9.59 Å². The first-order valence-electron chi connectivity index (χ1n) is 16.6. The van der Waals surface area contributed by atoms with E-state index in [-0.39, 0.29) is 29.4 Å². The molecule has 5 aromatic rings. The van der Waals surface area contributed by atoms with Crippen LogP contribution in [0.15, 0.2) is 91.1 Å². The van der Waals surface area contributed by atoms with Crippen LogP contribution in [0.3, 0.4) is 0 Å². The lowest BCUT2D eigenvalue weighted by atomic mass is 9.85. The van der Waals surface area contributed by atoms with E-state index in [9.17, 15) is 9.59 Å².